The molecule has 2 aromatic carbocycles. The molecular formula is C25H22FNO6. The SMILES string of the molecule is Cc1cc(F)ccc1-c1cc(=O)oc2cc([C@H](C=O)C(=O)N3CCC[C@H](C(=O)O)C3)ccc12. The molecule has 0 bridgehead atoms. The summed E-state index contributed by atoms with van der Waals surface area (Å²) in [6.07, 6.45) is 1.54. The van der Waals surface area contributed by atoms with Gasteiger partial charge in [-0.3, -0.25) is 9.59 Å². The molecule has 4 rings (SSSR count). The van der Waals surface area contributed by atoms with Crippen LogP contribution in [0.3, 0.4) is 0 Å². The van der Waals surface area contributed by atoms with Gasteiger partial charge in [0.25, 0.3) is 0 Å². The second kappa shape index (κ2) is 8.97. The number of hydrogen-bond acceptors (Lipinski definition) is 5. The Hall–Kier alpha value is -3.81. The smallest absolute Gasteiger partial charge is 0.336 e. The molecule has 0 unspecified atom stereocenters. The van der Waals surface area contributed by atoms with E-state index in [0.29, 0.717) is 53.3 Å². The number of benzene rings is 2. The number of carbonyl (C=O) groups excluding carboxylic acids is 2. The number of halogens is 1. The quantitative estimate of drug-likeness (QED) is 0.362. The first-order valence-electron chi connectivity index (χ1n) is 10.6. The number of carbonyl (C=O) groups is 3. The molecule has 3 aromatic rings. The maximum absolute atomic E-state index is 13.6. The van der Waals surface area contributed by atoms with Crippen LogP contribution >= 0.6 is 0 Å². The van der Waals surface area contributed by atoms with Crippen molar-refractivity contribution >= 4 is 29.1 Å². The molecule has 0 saturated carbocycles. The van der Waals surface area contributed by atoms with Gasteiger partial charge in [-0.15, -0.1) is 0 Å². The van der Waals surface area contributed by atoms with Gasteiger partial charge in [-0.1, -0.05) is 18.2 Å². The van der Waals surface area contributed by atoms with Crippen molar-refractivity contribution in [1.29, 1.82) is 0 Å². The Balaban J connectivity index is 1.72. The Bertz CT molecular complexity index is 1310. The van der Waals surface area contributed by atoms with E-state index in [1.807, 2.05) is 0 Å². The van der Waals surface area contributed by atoms with Crippen molar-refractivity contribution in [3.05, 3.63) is 69.8 Å². The number of likely N-dealkylation sites (tertiary alicyclic amines) is 1. The van der Waals surface area contributed by atoms with E-state index in [0.717, 1.165) is 0 Å². The first-order valence-corrected chi connectivity index (χ1v) is 10.6. The molecule has 0 radical (unpaired) electrons. The van der Waals surface area contributed by atoms with Crippen LogP contribution in [0.2, 0.25) is 0 Å². The summed E-state index contributed by atoms with van der Waals surface area (Å²) >= 11 is 0. The molecule has 33 heavy (non-hydrogen) atoms. The Morgan fingerprint density at radius 3 is 2.67 bits per heavy atom. The summed E-state index contributed by atoms with van der Waals surface area (Å²) in [4.78, 5) is 49.9. The number of amides is 1. The van der Waals surface area contributed by atoms with E-state index in [2.05, 4.69) is 0 Å². The highest BCUT2D eigenvalue weighted by Gasteiger charge is 2.32. The lowest BCUT2D eigenvalue weighted by molar-refractivity contribution is -0.146. The van der Waals surface area contributed by atoms with Crippen LogP contribution < -0.4 is 5.63 Å². The van der Waals surface area contributed by atoms with Crippen molar-refractivity contribution in [1.82, 2.24) is 4.90 Å². The Kier molecular flexibility index (Phi) is 6.09. The molecule has 0 spiro atoms. The van der Waals surface area contributed by atoms with Gasteiger partial charge in [-0.05, 0) is 54.7 Å². The minimum atomic E-state index is -1.15. The highest BCUT2D eigenvalue weighted by Crippen LogP contribution is 2.32. The Labute approximate surface area is 188 Å². The molecule has 1 amide bonds. The maximum atomic E-state index is 13.6. The molecule has 1 N–H and O–H groups in total. The standard InChI is InChI=1S/C25H22FNO6/c1-14-9-17(26)5-7-18(14)20-11-23(29)33-22-10-15(4-6-19(20)22)21(13-28)24(30)27-8-2-3-16(12-27)25(31)32/h4-7,9-11,13,16,21H,2-3,8,12H2,1H3,(H,31,32)/t16-,21-/m0/s1. The van der Waals surface area contributed by atoms with Crippen LogP contribution in [0.15, 0.2) is 51.7 Å². The van der Waals surface area contributed by atoms with Gasteiger partial charge in [0.2, 0.25) is 5.91 Å². The van der Waals surface area contributed by atoms with Gasteiger partial charge in [0, 0.05) is 30.1 Å². The van der Waals surface area contributed by atoms with Gasteiger partial charge in [0.05, 0.1) is 5.92 Å². The Morgan fingerprint density at radius 2 is 1.97 bits per heavy atom. The van der Waals surface area contributed by atoms with E-state index < -0.39 is 29.3 Å². The van der Waals surface area contributed by atoms with Crippen molar-refractivity contribution in [2.75, 3.05) is 13.1 Å². The molecule has 2 atom stereocenters. The van der Waals surface area contributed by atoms with Crippen LogP contribution in [0.25, 0.3) is 22.1 Å². The highest BCUT2D eigenvalue weighted by atomic mass is 19.1. The molecule has 0 aliphatic carbocycles. The van der Waals surface area contributed by atoms with E-state index in [4.69, 9.17) is 4.42 Å². The zero-order valence-corrected chi connectivity index (χ0v) is 17.9. The number of aldehydes is 1. The highest BCUT2D eigenvalue weighted by molar-refractivity contribution is 6.00. The number of piperidine rings is 1. The number of carboxylic acids is 1. The lowest BCUT2D eigenvalue weighted by atomic mass is 9.92. The number of aliphatic carboxylic acids is 1. The average Bonchev–Trinajstić information content (AvgIpc) is 2.79. The van der Waals surface area contributed by atoms with Crippen molar-refractivity contribution in [3.63, 3.8) is 0 Å². The van der Waals surface area contributed by atoms with Crippen molar-refractivity contribution < 1.29 is 28.3 Å². The van der Waals surface area contributed by atoms with Gasteiger partial charge in [0.15, 0.2) is 0 Å². The van der Waals surface area contributed by atoms with Gasteiger partial charge < -0.3 is 19.2 Å². The van der Waals surface area contributed by atoms with E-state index >= 15 is 0 Å². The number of nitrogens with zero attached hydrogens (tertiary/aromatic N) is 1. The zero-order chi connectivity index (χ0) is 23.7. The van der Waals surface area contributed by atoms with E-state index in [-0.39, 0.29) is 17.9 Å². The fourth-order valence-corrected chi connectivity index (χ4v) is 4.38. The minimum Gasteiger partial charge on any atom is -0.481 e. The first kappa shape index (κ1) is 22.4. The van der Waals surface area contributed by atoms with Crippen molar-refractivity contribution in [2.24, 2.45) is 5.92 Å². The van der Waals surface area contributed by atoms with Crippen molar-refractivity contribution in [3.8, 4) is 11.1 Å². The molecule has 7 nitrogen and oxygen atoms in total. The number of rotatable bonds is 5. The summed E-state index contributed by atoms with van der Waals surface area (Å²) in [6.45, 7) is 2.16. The minimum absolute atomic E-state index is 0.0508. The number of fused-ring (bicyclic) bond motifs is 1. The lowest BCUT2D eigenvalue weighted by Gasteiger charge is -2.32. The maximum Gasteiger partial charge on any atom is 0.336 e. The summed E-state index contributed by atoms with van der Waals surface area (Å²) in [5, 5.41) is 9.86. The third-order valence-electron chi connectivity index (χ3n) is 6.09. The molecule has 1 aliphatic rings. The van der Waals surface area contributed by atoms with Gasteiger partial charge in [0.1, 0.15) is 23.6 Å². The van der Waals surface area contributed by atoms with Crippen LogP contribution in [0.4, 0.5) is 4.39 Å². The number of carboxylic acid groups (broad SMARTS) is 1. The molecule has 8 heteroatoms. The van der Waals surface area contributed by atoms with Crippen LogP contribution in [0.5, 0.6) is 0 Å². The summed E-state index contributed by atoms with van der Waals surface area (Å²) < 4.78 is 18.9. The fourth-order valence-electron chi connectivity index (χ4n) is 4.38. The first-order chi connectivity index (χ1) is 15.8. The third kappa shape index (κ3) is 4.41. The zero-order valence-electron chi connectivity index (χ0n) is 17.9. The predicted octanol–water partition coefficient (Wildman–Crippen LogP) is 3.51. The molecule has 170 valence electrons. The van der Waals surface area contributed by atoms with Gasteiger partial charge in [-0.25, -0.2) is 9.18 Å². The topological polar surface area (TPSA) is 105 Å². The molecule has 1 aromatic heterocycles. The molecule has 1 saturated heterocycles. The number of hydrogen-bond donors (Lipinski definition) is 1. The van der Waals surface area contributed by atoms with E-state index in [1.54, 1.807) is 25.1 Å². The predicted molar refractivity (Wildman–Crippen MR) is 118 cm³/mol. The van der Waals surface area contributed by atoms with Gasteiger partial charge in [-0.2, -0.15) is 0 Å². The molecular weight excluding hydrogens is 429 g/mol. The Morgan fingerprint density at radius 1 is 1.18 bits per heavy atom. The van der Waals surface area contributed by atoms with Gasteiger partial charge >= 0.3 is 11.6 Å². The number of aryl methyl sites for hydroxylation is 1. The van der Waals surface area contributed by atoms with E-state index in [1.165, 1.54) is 29.2 Å². The second-order valence-electron chi connectivity index (χ2n) is 8.27. The average molecular weight is 451 g/mol. The van der Waals surface area contributed by atoms with Crippen LogP contribution in [-0.4, -0.2) is 41.3 Å². The summed E-state index contributed by atoms with van der Waals surface area (Å²) in [6, 6.07) is 10.3. The molecule has 1 aliphatic heterocycles. The van der Waals surface area contributed by atoms with Crippen molar-refractivity contribution in [2.45, 2.75) is 25.7 Å². The monoisotopic (exact) mass is 451 g/mol. The lowest BCUT2D eigenvalue weighted by Crippen LogP contribution is -2.44. The third-order valence-corrected chi connectivity index (χ3v) is 6.09. The van der Waals surface area contributed by atoms with E-state index in [9.17, 15) is 28.7 Å². The second-order valence-corrected chi connectivity index (χ2v) is 8.27. The molecule has 1 fully saturated rings. The van der Waals surface area contributed by atoms with Crippen LogP contribution in [-0.2, 0) is 14.4 Å². The fraction of sp³-hybridized carbons (Fsp3) is 0.280. The summed E-state index contributed by atoms with van der Waals surface area (Å²) in [5.74, 6) is -3.65. The summed E-state index contributed by atoms with van der Waals surface area (Å²) in [5.41, 5.74) is 1.78. The summed E-state index contributed by atoms with van der Waals surface area (Å²) in [7, 11) is 0. The molecule has 2 heterocycles. The largest absolute Gasteiger partial charge is 0.481 e. The van der Waals surface area contributed by atoms with Crippen LogP contribution in [0.1, 0.15) is 29.9 Å². The van der Waals surface area contributed by atoms with Crippen LogP contribution in [0, 0.1) is 18.7 Å². The normalized spacial score (nSPS) is 17.0.